The molecule has 5 aromatic rings. The van der Waals surface area contributed by atoms with E-state index in [0.29, 0.717) is 23.8 Å². The zero-order chi connectivity index (χ0) is 22.4. The van der Waals surface area contributed by atoms with Crippen molar-refractivity contribution in [2.75, 3.05) is 0 Å². The number of nitrogens with one attached hydrogen (secondary N) is 1. The normalized spacial score (nSPS) is 14.4. The summed E-state index contributed by atoms with van der Waals surface area (Å²) in [5.41, 5.74) is 4.83. The van der Waals surface area contributed by atoms with E-state index in [1.165, 1.54) is 0 Å². The van der Waals surface area contributed by atoms with E-state index in [2.05, 4.69) is 17.1 Å². The molecule has 3 aromatic heterocycles. The van der Waals surface area contributed by atoms with Crippen molar-refractivity contribution in [2.24, 2.45) is 0 Å². The van der Waals surface area contributed by atoms with Crippen molar-refractivity contribution in [3.8, 4) is 17.4 Å². The third kappa shape index (κ3) is 3.17. The van der Waals surface area contributed by atoms with Gasteiger partial charge < -0.3 is 13.7 Å². The molecule has 162 valence electrons. The third-order valence-corrected chi connectivity index (χ3v) is 5.96. The lowest BCUT2D eigenvalue weighted by molar-refractivity contribution is 0.393. The fourth-order valence-corrected chi connectivity index (χ4v) is 4.44. The van der Waals surface area contributed by atoms with E-state index in [4.69, 9.17) is 19.7 Å². The number of nitrogens with zero attached hydrogens (tertiary/aromatic N) is 4. The Hall–Kier alpha value is -4.39. The number of benzene rings is 2. The van der Waals surface area contributed by atoms with Crippen LogP contribution in [-0.4, -0.2) is 19.3 Å². The van der Waals surface area contributed by atoms with Crippen LogP contribution in [0.15, 0.2) is 89.8 Å². The van der Waals surface area contributed by atoms with Crippen LogP contribution in [-0.2, 0) is 6.54 Å². The standard InChI is InChI=1S/C26H21N5O2/c1-17-21-22(18-9-4-2-5-10-18)23-24(27)30(15-20-13-8-14-32-20)16-28-25(23)33-26(21)31(29-17)19-11-6-3-7-12-19/h2-14,16,22,27H,15H2,1H3. The van der Waals surface area contributed by atoms with Crippen molar-refractivity contribution in [3.63, 3.8) is 0 Å². The number of hydrogen-bond acceptors (Lipinski definition) is 5. The molecule has 1 aliphatic heterocycles. The van der Waals surface area contributed by atoms with Crippen molar-refractivity contribution in [2.45, 2.75) is 19.4 Å². The van der Waals surface area contributed by atoms with Crippen LogP contribution in [0.3, 0.4) is 0 Å². The van der Waals surface area contributed by atoms with Gasteiger partial charge in [-0.05, 0) is 36.8 Å². The number of hydrogen-bond donors (Lipinski definition) is 1. The van der Waals surface area contributed by atoms with Gasteiger partial charge in [-0.1, -0.05) is 48.5 Å². The second kappa shape index (κ2) is 7.63. The summed E-state index contributed by atoms with van der Waals surface area (Å²) in [7, 11) is 0. The number of fused-ring (bicyclic) bond motifs is 2. The second-order valence-electron chi connectivity index (χ2n) is 8.02. The van der Waals surface area contributed by atoms with Gasteiger partial charge in [0.1, 0.15) is 17.6 Å². The predicted octanol–water partition coefficient (Wildman–Crippen LogP) is 4.78. The van der Waals surface area contributed by atoms with Gasteiger partial charge in [-0.3, -0.25) is 5.41 Å². The summed E-state index contributed by atoms with van der Waals surface area (Å²) in [6.07, 6.45) is 3.27. The topological polar surface area (TPSA) is 81.9 Å². The highest BCUT2D eigenvalue weighted by atomic mass is 16.5. The van der Waals surface area contributed by atoms with Crippen LogP contribution in [0.2, 0.25) is 0 Å². The Morgan fingerprint density at radius 3 is 2.42 bits per heavy atom. The summed E-state index contributed by atoms with van der Waals surface area (Å²) in [5.74, 6) is 1.59. The molecule has 1 aliphatic rings. The smallest absolute Gasteiger partial charge is 0.230 e. The molecule has 7 nitrogen and oxygen atoms in total. The van der Waals surface area contributed by atoms with Gasteiger partial charge in [-0.25, -0.2) is 9.67 Å². The fourth-order valence-electron chi connectivity index (χ4n) is 4.44. The Labute approximate surface area is 190 Å². The Bertz CT molecular complexity index is 1490. The zero-order valence-corrected chi connectivity index (χ0v) is 18.0. The van der Waals surface area contributed by atoms with Crippen LogP contribution in [0.4, 0.5) is 0 Å². The molecule has 0 fully saturated rings. The van der Waals surface area contributed by atoms with Crippen molar-refractivity contribution in [1.82, 2.24) is 19.3 Å². The van der Waals surface area contributed by atoms with Crippen LogP contribution in [0, 0.1) is 12.3 Å². The first-order chi connectivity index (χ1) is 16.2. The number of aromatic nitrogens is 4. The van der Waals surface area contributed by atoms with Gasteiger partial charge >= 0.3 is 0 Å². The van der Waals surface area contributed by atoms with E-state index >= 15 is 0 Å². The molecule has 7 heteroatoms. The molecule has 33 heavy (non-hydrogen) atoms. The number of para-hydroxylation sites is 1. The molecule has 1 N–H and O–H groups in total. The minimum Gasteiger partial charge on any atom is -0.467 e. The Balaban J connectivity index is 1.58. The maximum absolute atomic E-state index is 9.06. The first-order valence-electron chi connectivity index (χ1n) is 10.7. The monoisotopic (exact) mass is 435 g/mol. The summed E-state index contributed by atoms with van der Waals surface area (Å²) in [6.45, 7) is 2.40. The lowest BCUT2D eigenvalue weighted by Crippen LogP contribution is -2.30. The molecule has 0 radical (unpaired) electrons. The predicted molar refractivity (Wildman–Crippen MR) is 122 cm³/mol. The Kier molecular flexibility index (Phi) is 4.47. The van der Waals surface area contributed by atoms with Gasteiger partial charge in [0.05, 0.1) is 41.2 Å². The molecule has 4 heterocycles. The summed E-state index contributed by atoms with van der Waals surface area (Å²) < 4.78 is 15.4. The quantitative estimate of drug-likeness (QED) is 0.432. The van der Waals surface area contributed by atoms with Gasteiger partial charge in [0, 0.05) is 0 Å². The highest BCUT2D eigenvalue weighted by molar-refractivity contribution is 5.57. The molecule has 0 saturated carbocycles. The van der Waals surface area contributed by atoms with E-state index in [9.17, 15) is 0 Å². The van der Waals surface area contributed by atoms with Crippen molar-refractivity contribution < 1.29 is 9.15 Å². The number of rotatable bonds is 4. The first-order valence-corrected chi connectivity index (χ1v) is 10.7. The van der Waals surface area contributed by atoms with Gasteiger partial charge in [-0.15, -0.1) is 0 Å². The van der Waals surface area contributed by atoms with Gasteiger partial charge in [0.25, 0.3) is 0 Å². The van der Waals surface area contributed by atoms with E-state index < -0.39 is 0 Å². The van der Waals surface area contributed by atoms with Crippen LogP contribution in [0.5, 0.6) is 11.8 Å². The lowest BCUT2D eigenvalue weighted by Gasteiger charge is -2.27. The number of aryl methyl sites for hydroxylation is 1. The molecule has 0 aliphatic carbocycles. The minimum atomic E-state index is -0.230. The number of ether oxygens (including phenoxy) is 1. The highest BCUT2D eigenvalue weighted by Crippen LogP contribution is 2.47. The third-order valence-electron chi connectivity index (χ3n) is 5.96. The summed E-state index contributed by atoms with van der Waals surface area (Å²) >= 11 is 0. The van der Waals surface area contributed by atoms with Crippen molar-refractivity contribution in [1.29, 1.82) is 5.41 Å². The van der Waals surface area contributed by atoms with E-state index in [-0.39, 0.29) is 5.92 Å². The second-order valence-corrected chi connectivity index (χ2v) is 8.02. The molecule has 0 spiro atoms. The molecule has 6 rings (SSSR count). The maximum atomic E-state index is 9.06. The van der Waals surface area contributed by atoms with E-state index in [1.54, 1.807) is 17.2 Å². The van der Waals surface area contributed by atoms with E-state index in [0.717, 1.165) is 33.8 Å². The SMILES string of the molecule is Cc1nn(-c2ccccc2)c2c1C(c1ccccc1)c1c(ncn(Cc3ccco3)c1=N)O2. The molecule has 0 saturated heterocycles. The molecular weight excluding hydrogens is 414 g/mol. The molecule has 1 unspecified atom stereocenters. The molecule has 0 bridgehead atoms. The average Bonchev–Trinajstić information content (AvgIpc) is 3.49. The van der Waals surface area contributed by atoms with Crippen molar-refractivity contribution >= 4 is 0 Å². The van der Waals surface area contributed by atoms with Crippen LogP contribution < -0.4 is 10.2 Å². The summed E-state index contributed by atoms with van der Waals surface area (Å²) in [5, 5.41) is 13.9. The Morgan fingerprint density at radius 2 is 1.70 bits per heavy atom. The van der Waals surface area contributed by atoms with Gasteiger partial charge in [0.2, 0.25) is 11.8 Å². The fraction of sp³-hybridized carbons (Fsp3) is 0.115. The minimum absolute atomic E-state index is 0.230. The Morgan fingerprint density at radius 1 is 0.939 bits per heavy atom. The largest absolute Gasteiger partial charge is 0.467 e. The van der Waals surface area contributed by atoms with Crippen LogP contribution in [0.1, 0.15) is 34.1 Å². The van der Waals surface area contributed by atoms with Crippen molar-refractivity contribution in [3.05, 3.63) is 119 Å². The lowest BCUT2D eigenvalue weighted by atomic mass is 9.84. The van der Waals surface area contributed by atoms with Gasteiger partial charge in [-0.2, -0.15) is 5.10 Å². The zero-order valence-electron chi connectivity index (χ0n) is 18.0. The van der Waals surface area contributed by atoms with Gasteiger partial charge in [0.15, 0.2) is 0 Å². The summed E-state index contributed by atoms with van der Waals surface area (Å²) in [4.78, 5) is 4.62. The average molecular weight is 435 g/mol. The maximum Gasteiger partial charge on any atom is 0.230 e. The molecule has 0 amide bonds. The number of furan rings is 1. The molecule has 1 atom stereocenters. The van der Waals surface area contributed by atoms with E-state index in [1.807, 2.05) is 72.3 Å². The highest BCUT2D eigenvalue weighted by Gasteiger charge is 2.37. The van der Waals surface area contributed by atoms with Crippen LogP contribution in [0.25, 0.3) is 5.69 Å². The first kappa shape index (κ1) is 19.3. The molecule has 2 aromatic carbocycles. The van der Waals surface area contributed by atoms with Crippen LogP contribution >= 0.6 is 0 Å². The molecular formula is C26H21N5O2. The summed E-state index contributed by atoms with van der Waals surface area (Å²) in [6, 6.07) is 23.8.